The molecule has 1 aliphatic rings. The highest BCUT2D eigenvalue weighted by molar-refractivity contribution is 6.17. The molecular weight excluding hydrogens is 633 g/mol. The van der Waals surface area contributed by atoms with Crippen LogP contribution < -0.4 is 0 Å². The van der Waals surface area contributed by atoms with E-state index < -0.39 is 0 Å². The SMILES string of the molecule is C1=CCCC(c2cc(-n3c4ccc(-c5cccc6c5c5ccccc5n6-c5ccccc5)cc4c4ncccc43)cc(-c3ccccc3)n2)=C1.CC. The first-order valence-corrected chi connectivity index (χ1v) is 18.2. The van der Waals surface area contributed by atoms with Gasteiger partial charge < -0.3 is 9.13 Å². The van der Waals surface area contributed by atoms with Crippen molar-refractivity contribution in [2.75, 3.05) is 0 Å². The smallest absolute Gasteiger partial charge is 0.0963 e. The topological polar surface area (TPSA) is 35.6 Å². The molecule has 1 aliphatic carbocycles. The molecule has 250 valence electrons. The van der Waals surface area contributed by atoms with Crippen molar-refractivity contribution in [1.29, 1.82) is 0 Å². The van der Waals surface area contributed by atoms with E-state index in [1.807, 2.05) is 26.1 Å². The van der Waals surface area contributed by atoms with Crippen LogP contribution in [-0.2, 0) is 0 Å². The predicted molar refractivity (Wildman–Crippen MR) is 219 cm³/mol. The highest BCUT2D eigenvalue weighted by Crippen LogP contribution is 2.41. The summed E-state index contributed by atoms with van der Waals surface area (Å²) >= 11 is 0. The van der Waals surface area contributed by atoms with Gasteiger partial charge in [0.25, 0.3) is 0 Å². The van der Waals surface area contributed by atoms with E-state index in [9.17, 15) is 0 Å². The summed E-state index contributed by atoms with van der Waals surface area (Å²) in [6.07, 6.45) is 10.5. The first-order chi connectivity index (χ1) is 25.8. The lowest BCUT2D eigenvalue weighted by molar-refractivity contribution is 1.03. The fourth-order valence-corrected chi connectivity index (χ4v) is 7.78. The quantitative estimate of drug-likeness (QED) is 0.183. The van der Waals surface area contributed by atoms with Gasteiger partial charge in [0, 0.05) is 33.6 Å². The van der Waals surface area contributed by atoms with E-state index in [2.05, 4.69) is 167 Å². The minimum absolute atomic E-state index is 0.963. The molecular formula is C48H38N4. The summed E-state index contributed by atoms with van der Waals surface area (Å²) in [5.74, 6) is 0. The molecule has 0 radical (unpaired) electrons. The van der Waals surface area contributed by atoms with Gasteiger partial charge >= 0.3 is 0 Å². The molecule has 0 N–H and O–H groups in total. The molecule has 4 heterocycles. The number of hydrogen-bond donors (Lipinski definition) is 0. The minimum atomic E-state index is 0.963. The number of pyridine rings is 2. The lowest BCUT2D eigenvalue weighted by Gasteiger charge is -2.15. The molecule has 0 spiro atoms. The minimum Gasteiger partial charge on any atom is -0.309 e. The third-order valence-electron chi connectivity index (χ3n) is 10.0. The van der Waals surface area contributed by atoms with Crippen molar-refractivity contribution in [1.82, 2.24) is 19.1 Å². The summed E-state index contributed by atoms with van der Waals surface area (Å²) in [4.78, 5) is 10.2. The van der Waals surface area contributed by atoms with Crippen LogP contribution in [0.1, 0.15) is 32.4 Å². The second-order valence-electron chi connectivity index (χ2n) is 12.9. The van der Waals surface area contributed by atoms with E-state index >= 15 is 0 Å². The Hall–Kier alpha value is -6.52. The van der Waals surface area contributed by atoms with Crippen LogP contribution in [0.25, 0.3) is 83.1 Å². The van der Waals surface area contributed by atoms with Gasteiger partial charge in [-0.25, -0.2) is 4.98 Å². The van der Waals surface area contributed by atoms with Crippen molar-refractivity contribution in [2.45, 2.75) is 26.7 Å². The summed E-state index contributed by atoms with van der Waals surface area (Å²) in [5, 5.41) is 3.62. The highest BCUT2D eigenvalue weighted by atomic mass is 15.0. The Morgan fingerprint density at radius 1 is 0.538 bits per heavy atom. The molecule has 0 aliphatic heterocycles. The molecule has 52 heavy (non-hydrogen) atoms. The van der Waals surface area contributed by atoms with Gasteiger partial charge in [-0.1, -0.05) is 117 Å². The van der Waals surface area contributed by atoms with Crippen LogP contribution in [-0.4, -0.2) is 19.1 Å². The number of hydrogen-bond acceptors (Lipinski definition) is 2. The number of nitrogens with zero attached hydrogens (tertiary/aromatic N) is 4. The second-order valence-corrected chi connectivity index (χ2v) is 12.9. The largest absolute Gasteiger partial charge is 0.309 e. The maximum Gasteiger partial charge on any atom is 0.0963 e. The van der Waals surface area contributed by atoms with Crippen LogP contribution in [0.4, 0.5) is 0 Å². The average Bonchev–Trinajstić information content (AvgIpc) is 3.75. The van der Waals surface area contributed by atoms with Crippen LogP contribution in [0.15, 0.2) is 170 Å². The zero-order valence-electron chi connectivity index (χ0n) is 29.4. The van der Waals surface area contributed by atoms with Crippen molar-refractivity contribution in [3.63, 3.8) is 0 Å². The Balaban J connectivity index is 0.00000177. The van der Waals surface area contributed by atoms with Gasteiger partial charge in [0.05, 0.1) is 44.7 Å². The molecule has 0 saturated heterocycles. The lowest BCUT2D eigenvalue weighted by Crippen LogP contribution is -2.01. The molecule has 9 aromatic rings. The van der Waals surface area contributed by atoms with Crippen LogP contribution in [0.3, 0.4) is 0 Å². The maximum atomic E-state index is 5.20. The molecule has 4 nitrogen and oxygen atoms in total. The number of benzene rings is 5. The Bertz CT molecular complexity index is 2800. The molecule has 0 unspecified atom stereocenters. The van der Waals surface area contributed by atoms with Gasteiger partial charge in [0.15, 0.2) is 0 Å². The molecule has 0 amide bonds. The summed E-state index contributed by atoms with van der Waals surface area (Å²) in [6.45, 7) is 4.00. The van der Waals surface area contributed by atoms with Gasteiger partial charge in [0.1, 0.15) is 0 Å². The summed E-state index contributed by atoms with van der Waals surface area (Å²) < 4.78 is 4.74. The van der Waals surface area contributed by atoms with E-state index in [0.717, 1.165) is 63.1 Å². The van der Waals surface area contributed by atoms with Gasteiger partial charge in [-0.2, -0.15) is 0 Å². The fraction of sp³-hybridized carbons (Fsp3) is 0.0833. The monoisotopic (exact) mass is 670 g/mol. The van der Waals surface area contributed by atoms with Crippen LogP contribution in [0.2, 0.25) is 0 Å². The first kappa shape index (κ1) is 31.5. The number of fused-ring (bicyclic) bond motifs is 6. The van der Waals surface area contributed by atoms with Crippen LogP contribution >= 0.6 is 0 Å². The number of aromatic nitrogens is 4. The number of allylic oxidation sites excluding steroid dienone is 4. The third-order valence-corrected chi connectivity index (χ3v) is 10.0. The second kappa shape index (κ2) is 13.3. The normalized spacial score (nSPS) is 12.7. The van der Waals surface area contributed by atoms with Gasteiger partial charge in [0.2, 0.25) is 0 Å². The Morgan fingerprint density at radius 2 is 1.25 bits per heavy atom. The van der Waals surface area contributed by atoms with Gasteiger partial charge in [-0.15, -0.1) is 0 Å². The Labute approximate surface area is 303 Å². The van der Waals surface area contributed by atoms with E-state index in [4.69, 9.17) is 9.97 Å². The zero-order valence-corrected chi connectivity index (χ0v) is 29.4. The summed E-state index contributed by atoms with van der Waals surface area (Å²) in [5.41, 5.74) is 14.5. The first-order valence-electron chi connectivity index (χ1n) is 18.2. The van der Waals surface area contributed by atoms with E-state index in [-0.39, 0.29) is 0 Å². The van der Waals surface area contributed by atoms with Gasteiger partial charge in [-0.3, -0.25) is 4.98 Å². The predicted octanol–water partition coefficient (Wildman–Crippen LogP) is 12.8. The molecule has 0 atom stereocenters. The molecule has 10 rings (SSSR count). The third kappa shape index (κ3) is 5.23. The van der Waals surface area contributed by atoms with Crippen molar-refractivity contribution < 1.29 is 0 Å². The average molecular weight is 671 g/mol. The maximum absolute atomic E-state index is 5.20. The Kier molecular flexibility index (Phi) is 8.05. The lowest BCUT2D eigenvalue weighted by atomic mass is 9.98. The van der Waals surface area contributed by atoms with E-state index in [1.165, 1.54) is 38.5 Å². The van der Waals surface area contributed by atoms with Gasteiger partial charge in [-0.05, 0) is 90.2 Å². The summed E-state index contributed by atoms with van der Waals surface area (Å²) in [7, 11) is 0. The van der Waals surface area contributed by atoms with Crippen molar-refractivity contribution in [3.8, 4) is 33.8 Å². The van der Waals surface area contributed by atoms with E-state index in [1.54, 1.807) is 0 Å². The van der Waals surface area contributed by atoms with Crippen molar-refractivity contribution in [2.24, 2.45) is 0 Å². The Morgan fingerprint density at radius 3 is 2.08 bits per heavy atom. The zero-order chi connectivity index (χ0) is 35.0. The molecule has 0 bridgehead atoms. The standard InChI is InChI=1S/C46H32N4.C2H6/c1-4-14-31(15-5-1)39-29-35(30-40(48-39)32-16-6-2-7-17-32)50-42-26-25-33(28-38(42)46-44(50)24-13-27-47-46)36-21-12-23-43-45(36)37-20-10-11-22-41(37)49(43)34-18-8-3-9-19-34;1-2/h1-6,8-16,18-30H,7,17H2;1-2H3. The molecule has 4 heteroatoms. The molecule has 5 aromatic carbocycles. The highest BCUT2D eigenvalue weighted by Gasteiger charge is 2.20. The molecule has 0 fully saturated rings. The number of rotatable bonds is 5. The van der Waals surface area contributed by atoms with Crippen LogP contribution in [0, 0.1) is 0 Å². The molecule has 4 aromatic heterocycles. The fourth-order valence-electron chi connectivity index (χ4n) is 7.78. The number of para-hydroxylation sites is 2. The van der Waals surface area contributed by atoms with Crippen molar-refractivity contribution >= 4 is 49.3 Å². The summed E-state index contributed by atoms with van der Waals surface area (Å²) in [6, 6.07) is 52.1. The van der Waals surface area contributed by atoms with E-state index in [0.29, 0.717) is 0 Å². The van der Waals surface area contributed by atoms with Crippen LogP contribution in [0.5, 0.6) is 0 Å². The van der Waals surface area contributed by atoms with Crippen molar-refractivity contribution in [3.05, 3.63) is 176 Å². The molecule has 0 saturated carbocycles.